The van der Waals surface area contributed by atoms with Gasteiger partial charge in [-0.2, -0.15) is 13.2 Å². The van der Waals surface area contributed by atoms with Crippen LogP contribution in [-0.2, 0) is 16.0 Å². The van der Waals surface area contributed by atoms with Crippen LogP contribution in [0.5, 0.6) is 11.5 Å². The van der Waals surface area contributed by atoms with Gasteiger partial charge in [0, 0.05) is 55.9 Å². The summed E-state index contributed by atoms with van der Waals surface area (Å²) in [4.78, 5) is 28.9. The van der Waals surface area contributed by atoms with E-state index in [2.05, 4.69) is 4.90 Å². The average Bonchev–Trinajstić information content (AvgIpc) is 3.38. The van der Waals surface area contributed by atoms with Gasteiger partial charge in [-0.1, -0.05) is 6.07 Å². The van der Waals surface area contributed by atoms with Gasteiger partial charge in [-0.25, -0.2) is 9.59 Å². The van der Waals surface area contributed by atoms with Gasteiger partial charge in [-0.3, -0.25) is 14.4 Å². The molecule has 1 aliphatic rings. The number of benzene rings is 2. The number of nitrogens with zero attached hydrogens (tertiary/aromatic N) is 3. The van der Waals surface area contributed by atoms with Crippen LogP contribution in [-0.4, -0.2) is 83.7 Å². The number of carbonyl (C=O) groups is 2. The van der Waals surface area contributed by atoms with Crippen molar-refractivity contribution in [2.75, 3.05) is 40.4 Å². The second-order valence-electron chi connectivity index (χ2n) is 11.7. The van der Waals surface area contributed by atoms with Gasteiger partial charge in [-0.05, 0) is 63.1 Å². The molecule has 2 heterocycles. The number of aryl methyl sites for hydroxylation is 1. The Morgan fingerprint density at radius 1 is 1.07 bits per heavy atom. The fourth-order valence-electron chi connectivity index (χ4n) is 5.48. The monoisotopic (exact) mass is 605 g/mol. The number of rotatable bonds is 7. The number of ether oxygens (including phenoxy) is 3. The zero-order valence-electron chi connectivity index (χ0n) is 25.2. The maximum atomic E-state index is 13.1. The van der Waals surface area contributed by atoms with Crippen LogP contribution in [0.1, 0.15) is 60.3 Å². The van der Waals surface area contributed by atoms with E-state index in [9.17, 15) is 27.9 Å². The molecular formula is C31H38F3N3O6. The van der Waals surface area contributed by atoms with Crippen LogP contribution in [0.25, 0.3) is 10.9 Å². The molecule has 12 heteroatoms. The summed E-state index contributed by atoms with van der Waals surface area (Å²) in [5, 5.41) is 11.4. The molecule has 43 heavy (non-hydrogen) atoms. The number of aromatic nitrogens is 1. The van der Waals surface area contributed by atoms with Gasteiger partial charge >= 0.3 is 18.2 Å². The van der Waals surface area contributed by atoms with Gasteiger partial charge in [-0.15, -0.1) is 0 Å². The lowest BCUT2D eigenvalue weighted by atomic mass is 9.97. The lowest BCUT2D eigenvalue weighted by molar-refractivity contribution is -0.139. The maximum Gasteiger partial charge on any atom is 0.419 e. The molecule has 3 aromatic rings. The first-order valence-corrected chi connectivity index (χ1v) is 14.0. The van der Waals surface area contributed by atoms with E-state index in [1.807, 2.05) is 19.1 Å². The Balaban J connectivity index is 1.74. The highest BCUT2D eigenvalue weighted by Gasteiger charge is 2.34. The first-order valence-electron chi connectivity index (χ1n) is 14.0. The number of hydrogen-bond donors (Lipinski definition) is 1. The van der Waals surface area contributed by atoms with E-state index >= 15 is 0 Å². The molecule has 0 saturated carbocycles. The van der Waals surface area contributed by atoms with Crippen LogP contribution in [0.2, 0.25) is 0 Å². The van der Waals surface area contributed by atoms with Gasteiger partial charge in [0.1, 0.15) is 22.7 Å². The third kappa shape index (κ3) is 7.42. The minimum Gasteiger partial charge on any atom is -0.507 e. The van der Waals surface area contributed by atoms with E-state index in [1.165, 1.54) is 23.8 Å². The third-order valence-corrected chi connectivity index (χ3v) is 7.50. The fraction of sp³-hybridized carbons (Fsp3) is 0.484. The molecule has 0 unspecified atom stereocenters. The number of phenols is 1. The summed E-state index contributed by atoms with van der Waals surface area (Å²) < 4.78 is 56.7. The van der Waals surface area contributed by atoms with Gasteiger partial charge in [0.25, 0.3) is 0 Å². The van der Waals surface area contributed by atoms with Gasteiger partial charge in [0.15, 0.2) is 0 Å². The summed E-state index contributed by atoms with van der Waals surface area (Å²) in [6, 6.07) is 7.85. The van der Waals surface area contributed by atoms with E-state index in [0.717, 1.165) is 16.5 Å². The summed E-state index contributed by atoms with van der Waals surface area (Å²) >= 11 is 0. The van der Waals surface area contributed by atoms with Crippen LogP contribution in [0.15, 0.2) is 36.5 Å². The Bertz CT molecular complexity index is 1490. The van der Waals surface area contributed by atoms with Crippen LogP contribution in [0.3, 0.4) is 0 Å². The van der Waals surface area contributed by atoms with Crippen molar-refractivity contribution in [2.45, 2.75) is 58.5 Å². The van der Waals surface area contributed by atoms with E-state index in [4.69, 9.17) is 14.2 Å². The van der Waals surface area contributed by atoms with Crippen LogP contribution in [0.4, 0.5) is 18.0 Å². The number of piperazine rings is 1. The van der Waals surface area contributed by atoms with Gasteiger partial charge in [0.05, 0.1) is 26.2 Å². The number of hydrogen-bond acceptors (Lipinski definition) is 8. The molecule has 0 spiro atoms. The molecule has 4 rings (SSSR count). The number of halogens is 3. The van der Waals surface area contributed by atoms with E-state index < -0.39 is 36.3 Å². The molecule has 0 aliphatic carbocycles. The lowest BCUT2D eigenvalue weighted by Gasteiger charge is -2.42. The largest absolute Gasteiger partial charge is 0.507 e. The highest BCUT2D eigenvalue weighted by Crippen LogP contribution is 2.37. The Morgan fingerprint density at radius 2 is 1.79 bits per heavy atom. The second-order valence-corrected chi connectivity index (χ2v) is 11.7. The number of phenolic OH excluding ortho intramolecular Hbond substituents is 1. The molecule has 234 valence electrons. The van der Waals surface area contributed by atoms with E-state index in [0.29, 0.717) is 36.5 Å². The van der Waals surface area contributed by atoms with Crippen molar-refractivity contribution in [1.29, 1.82) is 0 Å². The van der Waals surface area contributed by atoms with Crippen molar-refractivity contribution in [2.24, 2.45) is 0 Å². The number of aromatic hydroxyl groups is 1. The average molecular weight is 606 g/mol. The predicted octanol–water partition coefficient (Wildman–Crippen LogP) is 6.05. The van der Waals surface area contributed by atoms with Crippen molar-refractivity contribution < 1.29 is 42.1 Å². The maximum absolute atomic E-state index is 13.1. The number of alkyl halides is 3. The minimum atomic E-state index is -4.28. The van der Waals surface area contributed by atoms with Crippen molar-refractivity contribution in [3.63, 3.8) is 0 Å². The Kier molecular flexibility index (Phi) is 9.31. The molecule has 0 radical (unpaired) electrons. The number of esters is 1. The number of fused-ring (bicyclic) bond motifs is 1. The first-order chi connectivity index (χ1) is 20.1. The Labute approximate surface area is 248 Å². The molecule has 1 atom stereocenters. The van der Waals surface area contributed by atoms with Gasteiger partial charge < -0.3 is 19.3 Å². The molecule has 1 N–H and O–H groups in total. The second kappa shape index (κ2) is 12.5. The molecule has 1 saturated heterocycles. The Hall–Kier alpha value is -3.77. The molecule has 2 aromatic carbocycles. The molecule has 0 bridgehead atoms. The highest BCUT2D eigenvalue weighted by molar-refractivity contribution is 5.95. The van der Waals surface area contributed by atoms with Crippen molar-refractivity contribution in [1.82, 2.24) is 14.4 Å². The SMILES string of the molecule is COC(=O)c1ccc([C@H]2CN(CCC(F)(F)F)CCN2Cc2c(OC)cc(C)c3c2ccn3C(=O)OC(C)(C)C)cc1O. The van der Waals surface area contributed by atoms with Crippen LogP contribution < -0.4 is 4.74 Å². The summed E-state index contributed by atoms with van der Waals surface area (Å²) in [5.74, 6) is -0.367. The van der Waals surface area contributed by atoms with Crippen molar-refractivity contribution in [3.8, 4) is 11.5 Å². The summed E-state index contributed by atoms with van der Waals surface area (Å²) in [6.07, 6.45) is -4.07. The molecule has 0 amide bonds. The van der Waals surface area contributed by atoms with Crippen molar-refractivity contribution in [3.05, 3.63) is 58.8 Å². The zero-order chi connectivity index (χ0) is 31.7. The Morgan fingerprint density at radius 3 is 2.40 bits per heavy atom. The molecule has 1 fully saturated rings. The summed E-state index contributed by atoms with van der Waals surface area (Å²) in [6.45, 7) is 8.54. The van der Waals surface area contributed by atoms with E-state index in [-0.39, 0.29) is 24.4 Å². The molecule has 1 aromatic heterocycles. The minimum absolute atomic E-state index is 0.00654. The quantitative estimate of drug-likeness (QED) is 0.326. The summed E-state index contributed by atoms with van der Waals surface area (Å²) in [7, 11) is 2.77. The number of methoxy groups -OCH3 is 2. The topological polar surface area (TPSA) is 93.5 Å². The van der Waals surface area contributed by atoms with Gasteiger partial charge in [0.2, 0.25) is 0 Å². The third-order valence-electron chi connectivity index (χ3n) is 7.50. The molecule has 1 aliphatic heterocycles. The molecular weight excluding hydrogens is 567 g/mol. The standard InChI is InChI=1S/C31H38F3N3O6/c1-19-15-26(41-5)23(21-9-11-37(27(19)21)29(40)43-30(2,3)4)17-36-14-13-35(12-10-31(32,33)34)18-24(36)20-7-8-22(25(38)16-20)28(39)42-6/h7-9,11,15-16,24,38H,10,12-14,17-18H2,1-6H3/t24-/m1/s1. The molecule has 9 nitrogen and oxygen atoms in total. The van der Waals surface area contributed by atoms with Crippen LogP contribution >= 0.6 is 0 Å². The highest BCUT2D eigenvalue weighted by atomic mass is 19.4. The fourth-order valence-corrected chi connectivity index (χ4v) is 5.48. The normalized spacial score (nSPS) is 16.8. The van der Waals surface area contributed by atoms with Crippen molar-refractivity contribution >= 4 is 23.0 Å². The zero-order valence-corrected chi connectivity index (χ0v) is 25.2. The first kappa shape index (κ1) is 32.2. The summed E-state index contributed by atoms with van der Waals surface area (Å²) in [5.41, 5.74) is 2.22. The van der Waals surface area contributed by atoms with E-state index in [1.54, 1.807) is 45.0 Å². The van der Waals surface area contributed by atoms with Crippen LogP contribution in [0, 0.1) is 6.92 Å². The number of carbonyl (C=O) groups excluding carboxylic acids is 2. The smallest absolute Gasteiger partial charge is 0.419 e. The predicted molar refractivity (Wildman–Crippen MR) is 155 cm³/mol. The lowest BCUT2D eigenvalue weighted by Crippen LogP contribution is -2.48.